The van der Waals surface area contributed by atoms with Gasteiger partial charge in [-0.25, -0.2) is 0 Å². The second-order valence-corrected chi connectivity index (χ2v) is 4.81. The zero-order valence-corrected chi connectivity index (χ0v) is 8.53. The summed E-state index contributed by atoms with van der Waals surface area (Å²) in [6.45, 7) is 2.93. The van der Waals surface area contributed by atoms with E-state index in [1.54, 1.807) is 0 Å². The first-order valence-electron chi connectivity index (χ1n) is 4.42. The van der Waals surface area contributed by atoms with Crippen molar-refractivity contribution in [1.29, 1.82) is 0 Å². The van der Waals surface area contributed by atoms with E-state index >= 15 is 0 Å². The second kappa shape index (κ2) is 3.24. The fourth-order valence-corrected chi connectivity index (χ4v) is 2.39. The number of thioether (sulfide) groups is 1. The monoisotopic (exact) mass is 194 g/mol. The highest BCUT2D eigenvalue weighted by atomic mass is 32.2. The Bertz CT molecular complexity index is 281. The summed E-state index contributed by atoms with van der Waals surface area (Å²) in [5, 5.41) is 3.37. The number of anilines is 1. The van der Waals surface area contributed by atoms with Crippen LogP contribution >= 0.6 is 11.8 Å². The highest BCUT2D eigenvalue weighted by Crippen LogP contribution is 2.31. The maximum absolute atomic E-state index is 6.07. The fraction of sp³-hybridized carbons (Fsp3) is 0.400. The number of hydrogen-bond donors (Lipinski definition) is 2. The van der Waals surface area contributed by atoms with Crippen LogP contribution in [0.25, 0.3) is 0 Å². The molecular weight excluding hydrogens is 180 g/mol. The highest BCUT2D eigenvalue weighted by molar-refractivity contribution is 7.99. The first-order valence-corrected chi connectivity index (χ1v) is 5.41. The number of benzene rings is 1. The smallest absolute Gasteiger partial charge is 0.0479 e. The van der Waals surface area contributed by atoms with Crippen LogP contribution in [0.4, 0.5) is 5.69 Å². The lowest BCUT2D eigenvalue weighted by molar-refractivity contribution is 0.562. The second-order valence-electron chi connectivity index (χ2n) is 3.79. The van der Waals surface area contributed by atoms with Gasteiger partial charge in [0.2, 0.25) is 0 Å². The van der Waals surface area contributed by atoms with E-state index in [0.29, 0.717) is 0 Å². The van der Waals surface area contributed by atoms with Gasteiger partial charge in [0.15, 0.2) is 0 Å². The van der Waals surface area contributed by atoms with Crippen molar-refractivity contribution in [2.45, 2.75) is 17.4 Å². The molecular formula is C10H14N2S. The van der Waals surface area contributed by atoms with Crippen LogP contribution in [-0.2, 0) is 0 Å². The molecule has 0 fully saturated rings. The van der Waals surface area contributed by atoms with Gasteiger partial charge in [-0.15, -0.1) is 11.8 Å². The minimum absolute atomic E-state index is 0.107. The maximum Gasteiger partial charge on any atom is 0.0479 e. The summed E-state index contributed by atoms with van der Waals surface area (Å²) in [6, 6.07) is 8.34. The zero-order chi connectivity index (χ0) is 9.31. The Morgan fingerprint density at radius 2 is 2.23 bits per heavy atom. The van der Waals surface area contributed by atoms with Crippen molar-refractivity contribution < 1.29 is 0 Å². The molecule has 2 nitrogen and oxygen atoms in total. The quantitative estimate of drug-likeness (QED) is 0.662. The number of nitrogens with two attached hydrogens (primary N) is 1. The molecule has 0 radical (unpaired) electrons. The Kier molecular flexibility index (Phi) is 2.22. The zero-order valence-electron chi connectivity index (χ0n) is 7.71. The summed E-state index contributed by atoms with van der Waals surface area (Å²) < 4.78 is 0. The van der Waals surface area contributed by atoms with Gasteiger partial charge in [-0.2, -0.15) is 0 Å². The molecule has 0 aliphatic carbocycles. The minimum atomic E-state index is -0.107. The summed E-state index contributed by atoms with van der Waals surface area (Å²) in [6.07, 6.45) is 0. The van der Waals surface area contributed by atoms with E-state index in [-0.39, 0.29) is 5.54 Å². The van der Waals surface area contributed by atoms with E-state index in [9.17, 15) is 0 Å². The van der Waals surface area contributed by atoms with Gasteiger partial charge in [-0.3, -0.25) is 0 Å². The van der Waals surface area contributed by atoms with E-state index in [0.717, 1.165) is 12.3 Å². The summed E-state index contributed by atoms with van der Waals surface area (Å²) in [5.74, 6) is 0.969. The summed E-state index contributed by atoms with van der Waals surface area (Å²) in [7, 11) is 0. The highest BCUT2D eigenvalue weighted by Gasteiger charge is 2.22. The number of fused-ring (bicyclic) bond motifs is 1. The van der Waals surface area contributed by atoms with Gasteiger partial charge < -0.3 is 11.1 Å². The molecule has 1 heterocycles. The standard InChI is InChI=1S/C10H14N2S/c1-10(11)6-12-8-4-2-3-5-9(8)13-7-10/h2-5,12H,6-7,11H2,1H3. The minimum Gasteiger partial charge on any atom is -0.382 e. The topological polar surface area (TPSA) is 38.0 Å². The Hall–Kier alpha value is -0.670. The molecule has 13 heavy (non-hydrogen) atoms. The van der Waals surface area contributed by atoms with E-state index in [1.165, 1.54) is 10.6 Å². The van der Waals surface area contributed by atoms with Crippen molar-refractivity contribution >= 4 is 17.4 Å². The maximum atomic E-state index is 6.07. The molecule has 70 valence electrons. The van der Waals surface area contributed by atoms with Crippen molar-refractivity contribution in [3.8, 4) is 0 Å². The lowest BCUT2D eigenvalue weighted by atomic mass is 10.1. The van der Waals surface area contributed by atoms with Crippen LogP contribution in [0.1, 0.15) is 6.92 Å². The van der Waals surface area contributed by atoms with Crippen LogP contribution in [0.2, 0.25) is 0 Å². The van der Waals surface area contributed by atoms with Gasteiger partial charge >= 0.3 is 0 Å². The van der Waals surface area contributed by atoms with Crippen LogP contribution < -0.4 is 11.1 Å². The van der Waals surface area contributed by atoms with Crippen molar-refractivity contribution in [3.63, 3.8) is 0 Å². The predicted molar refractivity (Wildman–Crippen MR) is 58.2 cm³/mol. The van der Waals surface area contributed by atoms with E-state index in [4.69, 9.17) is 5.73 Å². The van der Waals surface area contributed by atoms with Gasteiger partial charge in [0, 0.05) is 28.4 Å². The van der Waals surface area contributed by atoms with Crippen LogP contribution in [0.5, 0.6) is 0 Å². The Morgan fingerprint density at radius 3 is 3.08 bits per heavy atom. The van der Waals surface area contributed by atoms with Crippen molar-refractivity contribution in [3.05, 3.63) is 24.3 Å². The van der Waals surface area contributed by atoms with Crippen LogP contribution in [0.15, 0.2) is 29.2 Å². The molecule has 3 heteroatoms. The summed E-state index contributed by atoms with van der Waals surface area (Å²) in [4.78, 5) is 1.30. The Balaban J connectivity index is 2.27. The predicted octanol–water partition coefficient (Wildman–Crippen LogP) is 1.92. The molecule has 0 amide bonds. The molecule has 0 saturated carbocycles. The molecule has 0 aromatic heterocycles. The summed E-state index contributed by atoms with van der Waals surface area (Å²) >= 11 is 1.83. The third-order valence-corrected chi connectivity index (χ3v) is 3.60. The average Bonchev–Trinajstić information content (AvgIpc) is 2.27. The lowest BCUT2D eigenvalue weighted by Gasteiger charge is -2.21. The Morgan fingerprint density at radius 1 is 1.46 bits per heavy atom. The molecule has 1 aliphatic heterocycles. The van der Waals surface area contributed by atoms with E-state index in [1.807, 2.05) is 17.8 Å². The van der Waals surface area contributed by atoms with E-state index in [2.05, 4.69) is 30.4 Å². The number of hydrogen-bond acceptors (Lipinski definition) is 3. The molecule has 1 aromatic carbocycles. The van der Waals surface area contributed by atoms with Crippen LogP contribution in [-0.4, -0.2) is 17.8 Å². The number of nitrogens with one attached hydrogen (secondary N) is 1. The molecule has 1 aliphatic rings. The van der Waals surface area contributed by atoms with Gasteiger partial charge in [-0.05, 0) is 19.1 Å². The normalized spacial score (nSPS) is 27.2. The van der Waals surface area contributed by atoms with Crippen LogP contribution in [0.3, 0.4) is 0 Å². The summed E-state index contributed by atoms with van der Waals surface area (Å²) in [5.41, 5.74) is 7.18. The molecule has 3 N–H and O–H groups in total. The Labute approximate surface area is 82.9 Å². The number of rotatable bonds is 0. The van der Waals surface area contributed by atoms with Gasteiger partial charge in [0.05, 0.1) is 0 Å². The molecule has 2 rings (SSSR count). The molecule has 0 saturated heterocycles. The molecule has 1 atom stereocenters. The fourth-order valence-electron chi connectivity index (χ4n) is 1.33. The van der Waals surface area contributed by atoms with Gasteiger partial charge in [0.1, 0.15) is 0 Å². The first-order chi connectivity index (χ1) is 6.17. The largest absolute Gasteiger partial charge is 0.382 e. The molecule has 1 aromatic rings. The van der Waals surface area contributed by atoms with Crippen LogP contribution in [0, 0.1) is 0 Å². The molecule has 0 bridgehead atoms. The van der Waals surface area contributed by atoms with Crippen molar-refractivity contribution in [2.75, 3.05) is 17.6 Å². The first kappa shape index (κ1) is 8.91. The number of para-hydroxylation sites is 1. The van der Waals surface area contributed by atoms with Crippen molar-refractivity contribution in [2.24, 2.45) is 5.73 Å². The third-order valence-electron chi connectivity index (χ3n) is 2.13. The van der Waals surface area contributed by atoms with Gasteiger partial charge in [-0.1, -0.05) is 12.1 Å². The average molecular weight is 194 g/mol. The lowest BCUT2D eigenvalue weighted by Crippen LogP contribution is -2.44. The van der Waals surface area contributed by atoms with E-state index < -0.39 is 0 Å². The third kappa shape index (κ3) is 1.98. The SMILES string of the molecule is CC1(N)CNc2ccccc2SC1. The van der Waals surface area contributed by atoms with Gasteiger partial charge in [0.25, 0.3) is 0 Å². The van der Waals surface area contributed by atoms with Crippen molar-refractivity contribution in [1.82, 2.24) is 0 Å². The molecule has 0 spiro atoms. The molecule has 1 unspecified atom stereocenters.